The van der Waals surface area contributed by atoms with Crippen molar-refractivity contribution in [3.8, 4) is 0 Å². The summed E-state index contributed by atoms with van der Waals surface area (Å²) in [4.78, 5) is 0. The van der Waals surface area contributed by atoms with E-state index < -0.39 is 10.2 Å². The molecule has 0 aromatic carbocycles. The fraction of sp³-hybridized carbons (Fsp3) is 1.00. The third-order valence-corrected chi connectivity index (χ3v) is 4.83. The van der Waals surface area contributed by atoms with Crippen LogP contribution in [0.25, 0.3) is 0 Å². The highest BCUT2D eigenvalue weighted by molar-refractivity contribution is 7.86. The summed E-state index contributed by atoms with van der Waals surface area (Å²) in [6, 6.07) is -0.0286. The Bertz CT molecular complexity index is 284. The van der Waals surface area contributed by atoms with Crippen molar-refractivity contribution >= 4 is 10.2 Å². The van der Waals surface area contributed by atoms with Crippen LogP contribution in [0.15, 0.2) is 0 Å². The maximum Gasteiger partial charge on any atom is 0.282 e. The molecule has 1 heterocycles. The largest absolute Gasteiger partial charge is 0.329 e. The summed E-state index contributed by atoms with van der Waals surface area (Å²) in [5.41, 5.74) is 5.44. The monoisotopic (exact) mass is 235 g/mol. The number of hydrogen-bond acceptors (Lipinski definition) is 3. The van der Waals surface area contributed by atoms with Crippen molar-refractivity contribution in [3.05, 3.63) is 0 Å². The van der Waals surface area contributed by atoms with Crippen LogP contribution in [0.2, 0.25) is 0 Å². The van der Waals surface area contributed by atoms with Gasteiger partial charge in [0.15, 0.2) is 0 Å². The zero-order valence-electron chi connectivity index (χ0n) is 9.52. The molecule has 0 aromatic rings. The second-order valence-electron chi connectivity index (χ2n) is 4.11. The molecule has 6 heteroatoms. The van der Waals surface area contributed by atoms with Gasteiger partial charge in [-0.2, -0.15) is 17.0 Å². The summed E-state index contributed by atoms with van der Waals surface area (Å²) in [6.45, 7) is 5.82. The van der Waals surface area contributed by atoms with E-state index in [1.54, 1.807) is 4.31 Å². The molecule has 0 amide bonds. The number of nitrogens with two attached hydrogens (primary N) is 1. The molecular weight excluding hydrogens is 214 g/mol. The van der Waals surface area contributed by atoms with E-state index in [0.29, 0.717) is 26.2 Å². The minimum absolute atomic E-state index is 0.0286. The molecule has 1 aliphatic rings. The third kappa shape index (κ3) is 2.90. The minimum atomic E-state index is -3.28. The fourth-order valence-electron chi connectivity index (χ4n) is 1.83. The van der Waals surface area contributed by atoms with E-state index in [1.165, 1.54) is 4.31 Å². The zero-order chi connectivity index (χ0) is 11.5. The second kappa shape index (κ2) is 5.25. The van der Waals surface area contributed by atoms with Gasteiger partial charge in [-0.25, -0.2) is 0 Å². The SMILES string of the molecule is CC(C)N(CCN)S(=O)(=O)N1CCCC1. The zero-order valence-corrected chi connectivity index (χ0v) is 10.3. The Morgan fingerprint density at radius 3 is 2.27 bits per heavy atom. The smallest absolute Gasteiger partial charge is 0.282 e. The van der Waals surface area contributed by atoms with Crippen molar-refractivity contribution < 1.29 is 8.42 Å². The van der Waals surface area contributed by atoms with E-state index >= 15 is 0 Å². The van der Waals surface area contributed by atoms with E-state index in [0.717, 1.165) is 12.8 Å². The summed E-state index contributed by atoms with van der Waals surface area (Å²) in [5, 5.41) is 0. The summed E-state index contributed by atoms with van der Waals surface area (Å²) < 4.78 is 27.4. The summed E-state index contributed by atoms with van der Waals surface area (Å²) in [6.07, 6.45) is 1.93. The molecule has 5 nitrogen and oxygen atoms in total. The van der Waals surface area contributed by atoms with Gasteiger partial charge in [-0.05, 0) is 26.7 Å². The number of hydrogen-bond donors (Lipinski definition) is 1. The number of nitrogens with zero attached hydrogens (tertiary/aromatic N) is 2. The molecular formula is C9H21N3O2S. The summed E-state index contributed by atoms with van der Waals surface area (Å²) in [5.74, 6) is 0. The quantitative estimate of drug-likeness (QED) is 0.729. The van der Waals surface area contributed by atoms with E-state index in [4.69, 9.17) is 5.73 Å². The molecule has 15 heavy (non-hydrogen) atoms. The molecule has 0 bridgehead atoms. The van der Waals surface area contributed by atoms with Crippen LogP contribution >= 0.6 is 0 Å². The first-order valence-corrected chi connectivity index (χ1v) is 6.87. The van der Waals surface area contributed by atoms with E-state index in [1.807, 2.05) is 13.8 Å². The Morgan fingerprint density at radius 2 is 1.87 bits per heavy atom. The van der Waals surface area contributed by atoms with Crippen molar-refractivity contribution in [1.29, 1.82) is 0 Å². The Kier molecular flexibility index (Phi) is 4.51. The van der Waals surface area contributed by atoms with Crippen LogP contribution in [0.1, 0.15) is 26.7 Å². The molecule has 1 rings (SSSR count). The van der Waals surface area contributed by atoms with Crippen LogP contribution in [0.4, 0.5) is 0 Å². The van der Waals surface area contributed by atoms with Crippen molar-refractivity contribution in [1.82, 2.24) is 8.61 Å². The summed E-state index contributed by atoms with van der Waals surface area (Å²) in [7, 11) is -3.28. The predicted octanol–water partition coefficient (Wildman–Crippen LogP) is -0.00390. The van der Waals surface area contributed by atoms with Crippen molar-refractivity contribution in [2.24, 2.45) is 5.73 Å². The first-order chi connectivity index (χ1) is 7.00. The molecule has 2 N–H and O–H groups in total. The molecule has 0 aliphatic carbocycles. The van der Waals surface area contributed by atoms with Crippen LogP contribution in [-0.4, -0.2) is 49.2 Å². The van der Waals surface area contributed by atoms with E-state index in [9.17, 15) is 8.42 Å². The lowest BCUT2D eigenvalue weighted by Crippen LogP contribution is -2.47. The fourth-order valence-corrected chi connectivity index (χ4v) is 3.72. The van der Waals surface area contributed by atoms with Crippen LogP contribution in [0.5, 0.6) is 0 Å². The van der Waals surface area contributed by atoms with Gasteiger partial charge in [-0.1, -0.05) is 0 Å². The van der Waals surface area contributed by atoms with Crippen LogP contribution < -0.4 is 5.73 Å². The van der Waals surface area contributed by atoms with Gasteiger partial charge in [0.05, 0.1) is 0 Å². The van der Waals surface area contributed by atoms with E-state index in [2.05, 4.69) is 0 Å². The Labute approximate surface area is 92.4 Å². The normalized spacial score (nSPS) is 19.3. The van der Waals surface area contributed by atoms with Gasteiger partial charge in [-0.15, -0.1) is 0 Å². The molecule has 0 aromatic heterocycles. The molecule has 1 aliphatic heterocycles. The molecule has 1 saturated heterocycles. The first kappa shape index (κ1) is 12.9. The lowest BCUT2D eigenvalue weighted by Gasteiger charge is -2.29. The Hall–Kier alpha value is -0.170. The minimum Gasteiger partial charge on any atom is -0.329 e. The maximum absolute atomic E-state index is 12.2. The standard InChI is InChI=1S/C9H21N3O2S/c1-9(2)12(8-5-10)15(13,14)11-6-3-4-7-11/h9H,3-8,10H2,1-2H3. The van der Waals surface area contributed by atoms with Crippen molar-refractivity contribution in [2.45, 2.75) is 32.7 Å². The van der Waals surface area contributed by atoms with Gasteiger partial charge in [0, 0.05) is 32.2 Å². The molecule has 0 atom stereocenters. The Morgan fingerprint density at radius 1 is 1.33 bits per heavy atom. The summed E-state index contributed by atoms with van der Waals surface area (Å²) >= 11 is 0. The van der Waals surface area contributed by atoms with Gasteiger partial charge >= 0.3 is 0 Å². The first-order valence-electron chi connectivity index (χ1n) is 5.47. The highest BCUT2D eigenvalue weighted by Gasteiger charge is 2.32. The lowest BCUT2D eigenvalue weighted by atomic mass is 10.4. The highest BCUT2D eigenvalue weighted by atomic mass is 32.2. The van der Waals surface area contributed by atoms with E-state index in [-0.39, 0.29) is 6.04 Å². The van der Waals surface area contributed by atoms with Gasteiger partial charge in [0.25, 0.3) is 10.2 Å². The molecule has 1 fully saturated rings. The van der Waals surface area contributed by atoms with Gasteiger partial charge in [0.2, 0.25) is 0 Å². The van der Waals surface area contributed by atoms with Gasteiger partial charge < -0.3 is 5.73 Å². The average Bonchev–Trinajstić information content (AvgIpc) is 2.66. The number of rotatable bonds is 5. The molecule has 90 valence electrons. The highest BCUT2D eigenvalue weighted by Crippen LogP contribution is 2.17. The average molecular weight is 235 g/mol. The Balaban J connectivity index is 2.80. The van der Waals surface area contributed by atoms with Gasteiger partial charge in [-0.3, -0.25) is 0 Å². The molecule has 0 spiro atoms. The molecule has 0 saturated carbocycles. The second-order valence-corrected chi connectivity index (χ2v) is 5.99. The molecule has 0 radical (unpaired) electrons. The van der Waals surface area contributed by atoms with Gasteiger partial charge in [0.1, 0.15) is 0 Å². The predicted molar refractivity (Wildman–Crippen MR) is 60.6 cm³/mol. The van der Waals surface area contributed by atoms with Crippen LogP contribution in [-0.2, 0) is 10.2 Å². The topological polar surface area (TPSA) is 66.6 Å². The maximum atomic E-state index is 12.2. The van der Waals surface area contributed by atoms with Crippen molar-refractivity contribution in [3.63, 3.8) is 0 Å². The third-order valence-electron chi connectivity index (χ3n) is 2.61. The lowest BCUT2D eigenvalue weighted by molar-refractivity contribution is 0.324. The van der Waals surface area contributed by atoms with Crippen LogP contribution in [0.3, 0.4) is 0 Å². The molecule has 0 unspecified atom stereocenters. The van der Waals surface area contributed by atoms with Crippen LogP contribution in [0, 0.1) is 0 Å². The van der Waals surface area contributed by atoms with Crippen molar-refractivity contribution in [2.75, 3.05) is 26.2 Å².